The molecular formula is C20H24FN3O5. The van der Waals surface area contributed by atoms with Crippen LogP contribution in [0.3, 0.4) is 0 Å². The smallest absolute Gasteiger partial charge is 0.322 e. The Labute approximate surface area is 168 Å². The minimum absolute atomic E-state index is 0.220. The molecule has 156 valence electrons. The van der Waals surface area contributed by atoms with Gasteiger partial charge in [0.1, 0.15) is 11.9 Å². The first-order chi connectivity index (χ1) is 13.8. The number of halogens is 1. The SMILES string of the molecule is C#C.COC/C=C\C1=C(C(C)F)C(=O)N(C)C1.O=C1NC(=O)[C@H](c2ccco2)N1. The highest BCUT2D eigenvalue weighted by Crippen LogP contribution is 2.23. The number of nitrogens with zero attached hydrogens (tertiary/aromatic N) is 1. The molecule has 0 aromatic carbocycles. The predicted molar refractivity (Wildman–Crippen MR) is 104 cm³/mol. The van der Waals surface area contributed by atoms with Gasteiger partial charge in [-0.3, -0.25) is 14.9 Å². The summed E-state index contributed by atoms with van der Waals surface area (Å²) in [6, 6.07) is 2.14. The first kappa shape index (κ1) is 23.7. The fourth-order valence-corrected chi connectivity index (χ4v) is 2.68. The van der Waals surface area contributed by atoms with Crippen LogP contribution in [0.5, 0.6) is 0 Å². The molecule has 1 saturated heterocycles. The number of urea groups is 1. The third-order valence-electron chi connectivity index (χ3n) is 3.91. The molecule has 0 bridgehead atoms. The van der Waals surface area contributed by atoms with Gasteiger partial charge < -0.3 is 19.4 Å². The lowest BCUT2D eigenvalue weighted by molar-refractivity contribution is -0.125. The van der Waals surface area contributed by atoms with Crippen LogP contribution < -0.4 is 10.6 Å². The lowest BCUT2D eigenvalue weighted by Gasteiger charge is -2.08. The predicted octanol–water partition coefficient (Wildman–Crippen LogP) is 1.73. The summed E-state index contributed by atoms with van der Waals surface area (Å²) in [6.45, 7) is 2.33. The molecule has 9 heteroatoms. The molecule has 1 fully saturated rings. The van der Waals surface area contributed by atoms with Gasteiger partial charge in [-0.1, -0.05) is 12.2 Å². The Bertz CT molecular complexity index is 796. The molecule has 1 aromatic heterocycles. The maximum Gasteiger partial charge on any atom is 0.322 e. The van der Waals surface area contributed by atoms with Gasteiger partial charge in [-0.25, -0.2) is 9.18 Å². The van der Waals surface area contributed by atoms with Crippen molar-refractivity contribution < 1.29 is 27.9 Å². The largest absolute Gasteiger partial charge is 0.467 e. The number of amides is 4. The van der Waals surface area contributed by atoms with Crippen LogP contribution in [-0.2, 0) is 14.3 Å². The van der Waals surface area contributed by atoms with Gasteiger partial charge in [0.05, 0.1) is 18.4 Å². The minimum Gasteiger partial charge on any atom is -0.467 e. The molecule has 8 nitrogen and oxygen atoms in total. The molecule has 2 N–H and O–H groups in total. The zero-order valence-corrected chi connectivity index (χ0v) is 16.5. The Morgan fingerprint density at radius 1 is 1.41 bits per heavy atom. The summed E-state index contributed by atoms with van der Waals surface area (Å²) >= 11 is 0. The Hall–Kier alpha value is -3.38. The highest BCUT2D eigenvalue weighted by molar-refractivity contribution is 6.04. The molecule has 0 radical (unpaired) electrons. The summed E-state index contributed by atoms with van der Waals surface area (Å²) < 4.78 is 23.0. The van der Waals surface area contributed by atoms with E-state index < -0.39 is 18.2 Å². The van der Waals surface area contributed by atoms with Crippen LogP contribution in [0.15, 0.2) is 46.1 Å². The van der Waals surface area contributed by atoms with Gasteiger partial charge in [-0.15, -0.1) is 12.8 Å². The zero-order chi connectivity index (χ0) is 22.0. The van der Waals surface area contributed by atoms with Gasteiger partial charge in [-0.2, -0.15) is 0 Å². The number of methoxy groups -OCH3 is 1. The summed E-state index contributed by atoms with van der Waals surface area (Å²) in [4.78, 5) is 34.8. The van der Waals surface area contributed by atoms with Crippen molar-refractivity contribution in [2.75, 3.05) is 27.3 Å². The van der Waals surface area contributed by atoms with Gasteiger partial charge >= 0.3 is 6.03 Å². The monoisotopic (exact) mass is 405 g/mol. The van der Waals surface area contributed by atoms with Gasteiger partial charge in [0, 0.05) is 20.7 Å². The summed E-state index contributed by atoms with van der Waals surface area (Å²) in [5, 5.41) is 4.52. The fourth-order valence-electron chi connectivity index (χ4n) is 2.68. The number of furan rings is 1. The quantitative estimate of drug-likeness (QED) is 0.574. The van der Waals surface area contributed by atoms with Crippen LogP contribution in [0.25, 0.3) is 0 Å². The van der Waals surface area contributed by atoms with Crippen LogP contribution in [0.1, 0.15) is 18.7 Å². The highest BCUT2D eigenvalue weighted by atomic mass is 19.1. The average Bonchev–Trinajstić information content (AvgIpc) is 3.38. The maximum atomic E-state index is 13.2. The molecule has 29 heavy (non-hydrogen) atoms. The number of hydrogen-bond donors (Lipinski definition) is 2. The van der Waals surface area contributed by atoms with E-state index in [1.165, 1.54) is 18.1 Å². The normalized spacial score (nSPS) is 19.3. The second-order valence-electron chi connectivity index (χ2n) is 5.98. The Balaban J connectivity index is 0.000000272. The van der Waals surface area contributed by atoms with E-state index in [0.717, 1.165) is 5.57 Å². The topological polar surface area (TPSA) is 101 Å². The molecule has 1 aromatic rings. The van der Waals surface area contributed by atoms with Crippen molar-refractivity contribution in [3.8, 4) is 12.8 Å². The number of carbonyl (C=O) groups is 3. The number of ether oxygens (including phenoxy) is 1. The maximum absolute atomic E-state index is 13.2. The molecule has 4 amide bonds. The van der Waals surface area contributed by atoms with Crippen LogP contribution >= 0.6 is 0 Å². The second kappa shape index (κ2) is 11.5. The summed E-state index contributed by atoms with van der Waals surface area (Å²) in [6.07, 6.45) is 11.8. The van der Waals surface area contributed by atoms with Crippen molar-refractivity contribution in [2.24, 2.45) is 0 Å². The van der Waals surface area contributed by atoms with Crippen molar-refractivity contribution in [1.82, 2.24) is 15.5 Å². The lowest BCUT2D eigenvalue weighted by Crippen LogP contribution is -2.23. The van der Waals surface area contributed by atoms with E-state index in [0.29, 0.717) is 18.9 Å². The standard InChI is InChI=1S/C11H16FNO2.C7H6N2O3.C2H2/c1-8(12)10-9(5-4-6-15-3)7-13(2)11(10)14;10-6-5(8-7(11)9-6)4-2-1-3-12-4;1-2/h4-5,8H,6-7H2,1-3H3;1-3,5H,(H2,8,9,10,11);1-2H/b5-4-;;/t;5-;/m.0./s1. The number of nitrogens with one attached hydrogen (secondary N) is 2. The molecule has 3 rings (SSSR count). The van der Waals surface area contributed by atoms with Gasteiger partial charge in [-0.05, 0) is 24.6 Å². The third-order valence-corrected chi connectivity index (χ3v) is 3.91. The number of likely N-dealkylation sites (N-methyl/N-ethyl adjacent to an activating group) is 1. The Morgan fingerprint density at radius 2 is 2.10 bits per heavy atom. The van der Waals surface area contributed by atoms with Crippen LogP contribution in [0, 0.1) is 12.8 Å². The van der Waals surface area contributed by atoms with Crippen LogP contribution in [0.4, 0.5) is 9.18 Å². The van der Waals surface area contributed by atoms with E-state index in [4.69, 9.17) is 9.15 Å². The van der Waals surface area contributed by atoms with E-state index in [-0.39, 0.29) is 17.4 Å². The van der Waals surface area contributed by atoms with Crippen molar-refractivity contribution in [2.45, 2.75) is 19.1 Å². The molecule has 2 aliphatic heterocycles. The second-order valence-corrected chi connectivity index (χ2v) is 5.98. The first-order valence-electron chi connectivity index (χ1n) is 8.61. The van der Waals surface area contributed by atoms with E-state index in [2.05, 4.69) is 23.5 Å². The number of terminal acetylenes is 1. The molecule has 0 saturated carbocycles. The number of imide groups is 1. The summed E-state index contributed by atoms with van der Waals surface area (Å²) in [5.41, 5.74) is 1.01. The number of carbonyl (C=O) groups excluding carboxylic acids is 3. The van der Waals surface area contributed by atoms with Crippen LogP contribution in [-0.4, -0.2) is 56.2 Å². The molecule has 2 aliphatic rings. The summed E-state index contributed by atoms with van der Waals surface area (Å²) in [7, 11) is 3.26. The van der Waals surface area contributed by atoms with E-state index in [1.54, 1.807) is 38.4 Å². The van der Waals surface area contributed by atoms with E-state index in [9.17, 15) is 18.8 Å². The average molecular weight is 405 g/mol. The van der Waals surface area contributed by atoms with Crippen molar-refractivity contribution in [3.63, 3.8) is 0 Å². The Kier molecular flexibility index (Phi) is 9.35. The molecule has 2 atom stereocenters. The van der Waals surface area contributed by atoms with E-state index in [1.807, 2.05) is 0 Å². The fraction of sp³-hybridized carbons (Fsp3) is 0.350. The zero-order valence-electron chi connectivity index (χ0n) is 16.5. The number of hydrogen-bond acceptors (Lipinski definition) is 5. The van der Waals surface area contributed by atoms with Crippen molar-refractivity contribution in [1.29, 1.82) is 0 Å². The van der Waals surface area contributed by atoms with Crippen molar-refractivity contribution >= 4 is 17.8 Å². The van der Waals surface area contributed by atoms with Crippen molar-refractivity contribution in [3.05, 3.63) is 47.5 Å². The van der Waals surface area contributed by atoms with Gasteiger partial charge in [0.2, 0.25) is 0 Å². The third kappa shape index (κ3) is 6.33. The number of rotatable bonds is 5. The number of alkyl halides is 1. The van der Waals surface area contributed by atoms with Gasteiger partial charge in [0.25, 0.3) is 11.8 Å². The minimum atomic E-state index is -1.22. The molecule has 3 heterocycles. The molecule has 0 aliphatic carbocycles. The first-order valence-corrected chi connectivity index (χ1v) is 8.61. The van der Waals surface area contributed by atoms with Crippen LogP contribution in [0.2, 0.25) is 0 Å². The molecular weight excluding hydrogens is 381 g/mol. The summed E-state index contributed by atoms with van der Waals surface area (Å²) in [5.74, 6) is -0.157. The molecule has 1 unspecified atom stereocenters. The van der Waals surface area contributed by atoms with E-state index >= 15 is 0 Å². The lowest BCUT2D eigenvalue weighted by atomic mass is 10.1. The molecule has 0 spiro atoms. The van der Waals surface area contributed by atoms with Gasteiger partial charge in [0.15, 0.2) is 6.04 Å². The Morgan fingerprint density at radius 3 is 2.59 bits per heavy atom. The highest BCUT2D eigenvalue weighted by Gasteiger charge is 2.32.